The summed E-state index contributed by atoms with van der Waals surface area (Å²) in [6, 6.07) is 14.6. The average molecular weight is 354 g/mol. The number of ether oxygens (including phenoxy) is 1. The van der Waals surface area contributed by atoms with Gasteiger partial charge in [-0.2, -0.15) is 0 Å². The maximum atomic E-state index is 12.2. The molecule has 0 unspecified atom stereocenters. The Morgan fingerprint density at radius 1 is 1.00 bits per heavy atom. The zero-order valence-corrected chi connectivity index (χ0v) is 16.6. The molecule has 0 aliphatic rings. The Hall–Kier alpha value is -2.29. The van der Waals surface area contributed by atoms with Gasteiger partial charge in [-0.05, 0) is 73.9 Å². The third-order valence-corrected chi connectivity index (χ3v) is 4.75. The van der Waals surface area contributed by atoms with E-state index in [2.05, 4.69) is 50.4 Å². The molecule has 0 fully saturated rings. The summed E-state index contributed by atoms with van der Waals surface area (Å²) in [6.07, 6.45) is 1.39. The van der Waals surface area contributed by atoms with Gasteiger partial charge in [-0.1, -0.05) is 44.2 Å². The van der Waals surface area contributed by atoms with Crippen LogP contribution in [0.4, 0.5) is 0 Å². The van der Waals surface area contributed by atoms with Gasteiger partial charge >= 0.3 is 0 Å². The van der Waals surface area contributed by atoms with E-state index in [1.165, 1.54) is 22.3 Å². The van der Waals surface area contributed by atoms with Crippen LogP contribution in [0.25, 0.3) is 0 Å². The van der Waals surface area contributed by atoms with Gasteiger partial charge in [0.25, 0.3) is 5.91 Å². The van der Waals surface area contributed by atoms with Crippen molar-refractivity contribution in [2.45, 2.75) is 59.5 Å². The SMILES string of the molecule is Cc1ccc(O[C@H](C)C(=O)NCCCc2ccc(C(C)C)cc2)cc1C. The maximum absolute atomic E-state index is 12.2. The zero-order chi connectivity index (χ0) is 19.1. The fraction of sp³-hybridized carbons (Fsp3) is 0.435. The van der Waals surface area contributed by atoms with E-state index < -0.39 is 6.10 Å². The van der Waals surface area contributed by atoms with Crippen molar-refractivity contribution in [3.8, 4) is 5.75 Å². The van der Waals surface area contributed by atoms with E-state index in [9.17, 15) is 4.79 Å². The monoisotopic (exact) mass is 353 g/mol. The molecule has 0 aliphatic carbocycles. The average Bonchev–Trinajstić information content (AvgIpc) is 2.62. The van der Waals surface area contributed by atoms with E-state index in [4.69, 9.17) is 4.74 Å². The van der Waals surface area contributed by atoms with Crippen LogP contribution < -0.4 is 10.1 Å². The van der Waals surface area contributed by atoms with Gasteiger partial charge in [0.05, 0.1) is 0 Å². The summed E-state index contributed by atoms with van der Waals surface area (Å²) in [5.41, 5.74) is 5.05. The predicted octanol–water partition coefficient (Wildman–Crippen LogP) is 4.94. The lowest BCUT2D eigenvalue weighted by atomic mass is 10.0. The normalized spacial score (nSPS) is 12.1. The molecule has 26 heavy (non-hydrogen) atoms. The molecule has 0 aliphatic heterocycles. The number of benzene rings is 2. The first-order valence-electron chi connectivity index (χ1n) is 9.47. The van der Waals surface area contributed by atoms with Gasteiger partial charge in [-0.25, -0.2) is 0 Å². The van der Waals surface area contributed by atoms with Crippen LogP contribution in [0.3, 0.4) is 0 Å². The van der Waals surface area contributed by atoms with E-state index in [-0.39, 0.29) is 5.91 Å². The molecule has 3 heteroatoms. The Morgan fingerprint density at radius 3 is 2.31 bits per heavy atom. The van der Waals surface area contributed by atoms with Gasteiger partial charge in [-0.15, -0.1) is 0 Å². The molecule has 0 aromatic heterocycles. The minimum absolute atomic E-state index is 0.0709. The molecule has 2 aromatic carbocycles. The zero-order valence-electron chi connectivity index (χ0n) is 16.6. The Labute approximate surface area is 157 Å². The number of nitrogens with one attached hydrogen (secondary N) is 1. The summed E-state index contributed by atoms with van der Waals surface area (Å²) in [4.78, 5) is 12.2. The standard InChI is InChI=1S/C23H31NO2/c1-16(2)21-11-9-20(10-12-21)7-6-14-24-23(25)19(5)26-22-13-8-17(3)18(4)15-22/h8-13,15-16,19H,6-7,14H2,1-5H3,(H,24,25)/t19-/m1/s1. The summed E-state index contributed by atoms with van der Waals surface area (Å²) in [5.74, 6) is 1.22. The lowest BCUT2D eigenvalue weighted by Gasteiger charge is -2.15. The van der Waals surface area contributed by atoms with Crippen LogP contribution in [-0.2, 0) is 11.2 Å². The van der Waals surface area contributed by atoms with Crippen molar-refractivity contribution in [2.75, 3.05) is 6.54 Å². The van der Waals surface area contributed by atoms with Crippen molar-refractivity contribution < 1.29 is 9.53 Å². The molecule has 2 aromatic rings. The quantitative estimate of drug-likeness (QED) is 0.682. The van der Waals surface area contributed by atoms with Gasteiger partial charge in [-0.3, -0.25) is 4.79 Å². The third kappa shape index (κ3) is 5.91. The topological polar surface area (TPSA) is 38.3 Å². The van der Waals surface area contributed by atoms with Crippen LogP contribution in [0.5, 0.6) is 5.75 Å². The third-order valence-electron chi connectivity index (χ3n) is 4.75. The molecule has 1 atom stereocenters. The molecule has 3 nitrogen and oxygen atoms in total. The first kappa shape index (κ1) is 20.0. The smallest absolute Gasteiger partial charge is 0.260 e. The van der Waals surface area contributed by atoms with Crippen LogP contribution in [0.2, 0.25) is 0 Å². The number of hydrogen-bond donors (Lipinski definition) is 1. The van der Waals surface area contributed by atoms with Crippen molar-refractivity contribution >= 4 is 5.91 Å². The number of aryl methyl sites for hydroxylation is 3. The lowest BCUT2D eigenvalue weighted by Crippen LogP contribution is -2.36. The molecular formula is C23H31NO2. The second-order valence-corrected chi connectivity index (χ2v) is 7.30. The van der Waals surface area contributed by atoms with Crippen LogP contribution >= 0.6 is 0 Å². The van der Waals surface area contributed by atoms with Crippen LogP contribution in [0, 0.1) is 13.8 Å². The molecule has 0 radical (unpaired) electrons. The fourth-order valence-corrected chi connectivity index (χ4v) is 2.76. The van der Waals surface area contributed by atoms with E-state index in [1.54, 1.807) is 6.92 Å². The number of carbonyl (C=O) groups is 1. The maximum Gasteiger partial charge on any atom is 0.260 e. The van der Waals surface area contributed by atoms with E-state index >= 15 is 0 Å². The van der Waals surface area contributed by atoms with Crippen LogP contribution in [-0.4, -0.2) is 18.6 Å². The van der Waals surface area contributed by atoms with E-state index in [0.29, 0.717) is 12.5 Å². The Morgan fingerprint density at radius 2 is 1.69 bits per heavy atom. The minimum Gasteiger partial charge on any atom is -0.481 e. The minimum atomic E-state index is -0.498. The summed E-state index contributed by atoms with van der Waals surface area (Å²) < 4.78 is 5.75. The highest BCUT2D eigenvalue weighted by atomic mass is 16.5. The van der Waals surface area contributed by atoms with Crippen molar-refractivity contribution in [3.63, 3.8) is 0 Å². The van der Waals surface area contributed by atoms with Gasteiger partial charge in [0.2, 0.25) is 0 Å². The number of carbonyl (C=O) groups excluding carboxylic acids is 1. The number of hydrogen-bond acceptors (Lipinski definition) is 2. The predicted molar refractivity (Wildman–Crippen MR) is 108 cm³/mol. The molecule has 1 amide bonds. The highest BCUT2D eigenvalue weighted by Gasteiger charge is 2.14. The highest BCUT2D eigenvalue weighted by molar-refractivity contribution is 5.80. The summed E-state index contributed by atoms with van der Waals surface area (Å²) in [5, 5.41) is 2.96. The highest BCUT2D eigenvalue weighted by Crippen LogP contribution is 2.18. The number of amides is 1. The first-order valence-corrected chi connectivity index (χ1v) is 9.47. The van der Waals surface area contributed by atoms with Gasteiger partial charge in [0, 0.05) is 6.54 Å². The molecule has 0 heterocycles. The van der Waals surface area contributed by atoms with Crippen molar-refractivity contribution in [2.24, 2.45) is 0 Å². The molecule has 0 spiro atoms. The summed E-state index contributed by atoms with van der Waals surface area (Å²) in [7, 11) is 0. The first-order chi connectivity index (χ1) is 12.4. The summed E-state index contributed by atoms with van der Waals surface area (Å²) >= 11 is 0. The molecule has 1 N–H and O–H groups in total. The van der Waals surface area contributed by atoms with Crippen molar-refractivity contribution in [1.29, 1.82) is 0 Å². The van der Waals surface area contributed by atoms with E-state index in [0.717, 1.165) is 18.6 Å². The largest absolute Gasteiger partial charge is 0.481 e. The van der Waals surface area contributed by atoms with Gasteiger partial charge in [0.15, 0.2) is 6.10 Å². The molecule has 0 saturated carbocycles. The molecule has 140 valence electrons. The Balaban J connectivity index is 1.72. The lowest BCUT2D eigenvalue weighted by molar-refractivity contribution is -0.127. The summed E-state index contributed by atoms with van der Waals surface area (Å²) in [6.45, 7) is 10.9. The number of rotatable bonds is 8. The molecule has 0 saturated heterocycles. The van der Waals surface area contributed by atoms with Gasteiger partial charge in [0.1, 0.15) is 5.75 Å². The van der Waals surface area contributed by atoms with E-state index in [1.807, 2.05) is 25.1 Å². The fourth-order valence-electron chi connectivity index (χ4n) is 2.76. The Kier molecular flexibility index (Phi) is 7.26. The second kappa shape index (κ2) is 9.42. The molecule has 0 bridgehead atoms. The second-order valence-electron chi connectivity index (χ2n) is 7.30. The van der Waals surface area contributed by atoms with Gasteiger partial charge < -0.3 is 10.1 Å². The Bertz CT molecular complexity index is 719. The molecular weight excluding hydrogens is 322 g/mol. The van der Waals surface area contributed by atoms with Crippen molar-refractivity contribution in [3.05, 3.63) is 64.7 Å². The van der Waals surface area contributed by atoms with Crippen LogP contribution in [0.1, 0.15) is 55.4 Å². The van der Waals surface area contributed by atoms with Crippen molar-refractivity contribution in [1.82, 2.24) is 5.32 Å². The van der Waals surface area contributed by atoms with Crippen LogP contribution in [0.15, 0.2) is 42.5 Å². The molecule has 2 rings (SSSR count).